The van der Waals surface area contributed by atoms with E-state index < -0.39 is 19.2 Å². The molecular formula is C12H28O2S2Sn. The van der Waals surface area contributed by atoms with E-state index in [4.69, 9.17) is 6.15 Å². The van der Waals surface area contributed by atoms with E-state index in [9.17, 15) is 0 Å². The Morgan fingerprint density at radius 1 is 0.824 bits per heavy atom. The van der Waals surface area contributed by atoms with E-state index in [1.807, 2.05) is 0 Å². The Morgan fingerprint density at radius 2 is 1.24 bits per heavy atom. The first-order valence-corrected chi connectivity index (χ1v) is 14.4. The van der Waals surface area contributed by atoms with Gasteiger partial charge in [-0.25, -0.2) is 0 Å². The molecule has 0 amide bonds. The molecule has 0 aliphatic carbocycles. The van der Waals surface area contributed by atoms with Crippen LogP contribution in [0.2, 0.25) is 8.87 Å². The molecule has 17 heavy (non-hydrogen) atoms. The molecule has 0 atom stereocenters. The van der Waals surface area contributed by atoms with Gasteiger partial charge in [-0.05, 0) is 0 Å². The predicted molar refractivity (Wildman–Crippen MR) is 84.8 cm³/mol. The SMILES string of the molecule is CCC[CH2][Sn]([CH2]CCC)([O]CCS)[O]CCS. The van der Waals surface area contributed by atoms with Gasteiger partial charge >= 0.3 is 124 Å². The normalized spacial score (nSPS) is 12.0. The van der Waals surface area contributed by atoms with Crippen LogP contribution in [0.3, 0.4) is 0 Å². The monoisotopic (exact) mass is 388 g/mol. The Balaban J connectivity index is 4.39. The van der Waals surface area contributed by atoms with Crippen molar-refractivity contribution in [3.63, 3.8) is 0 Å². The number of hydrogen-bond acceptors (Lipinski definition) is 4. The van der Waals surface area contributed by atoms with Crippen molar-refractivity contribution in [2.45, 2.75) is 48.4 Å². The summed E-state index contributed by atoms with van der Waals surface area (Å²) in [6.07, 6.45) is 4.91. The predicted octanol–water partition coefficient (Wildman–Crippen LogP) is 3.92. The second-order valence-electron chi connectivity index (χ2n) is 4.26. The molecule has 0 radical (unpaired) electrons. The van der Waals surface area contributed by atoms with Gasteiger partial charge in [0.25, 0.3) is 0 Å². The van der Waals surface area contributed by atoms with Gasteiger partial charge in [0, 0.05) is 0 Å². The van der Waals surface area contributed by atoms with E-state index in [1.54, 1.807) is 0 Å². The summed E-state index contributed by atoms with van der Waals surface area (Å²) < 4.78 is 14.7. The molecule has 0 fully saturated rings. The van der Waals surface area contributed by atoms with Crippen LogP contribution in [0, 0.1) is 0 Å². The molecule has 0 aliphatic rings. The Morgan fingerprint density at radius 3 is 1.53 bits per heavy atom. The van der Waals surface area contributed by atoms with Gasteiger partial charge < -0.3 is 0 Å². The summed E-state index contributed by atoms with van der Waals surface area (Å²) in [6.45, 7) is 5.96. The maximum atomic E-state index is 6.16. The van der Waals surface area contributed by atoms with E-state index in [1.165, 1.54) is 34.6 Å². The van der Waals surface area contributed by atoms with Gasteiger partial charge in [-0.15, -0.1) is 0 Å². The van der Waals surface area contributed by atoms with E-state index in [-0.39, 0.29) is 0 Å². The Labute approximate surface area is 123 Å². The second-order valence-corrected chi connectivity index (χ2v) is 14.9. The van der Waals surface area contributed by atoms with Gasteiger partial charge in [-0.3, -0.25) is 0 Å². The molecule has 0 rings (SSSR count). The summed E-state index contributed by atoms with van der Waals surface area (Å²) in [5.74, 6) is 1.59. The molecule has 0 aromatic carbocycles. The Hall–Kier alpha value is 1.42. The second kappa shape index (κ2) is 12.5. The molecule has 0 heterocycles. The van der Waals surface area contributed by atoms with Gasteiger partial charge in [0.1, 0.15) is 0 Å². The zero-order chi connectivity index (χ0) is 13.0. The van der Waals surface area contributed by atoms with Crippen molar-refractivity contribution in [3.8, 4) is 0 Å². The van der Waals surface area contributed by atoms with Crippen molar-refractivity contribution in [3.05, 3.63) is 0 Å². The number of thiol groups is 2. The van der Waals surface area contributed by atoms with Crippen LogP contribution in [0.4, 0.5) is 0 Å². The fourth-order valence-corrected chi connectivity index (χ4v) is 13.4. The zero-order valence-electron chi connectivity index (χ0n) is 11.3. The standard InChI is InChI=1S/2C4H9.2C2H5OS.Sn/c2*1-3-4-2;2*3-1-2-4;/h2*1,3-4H2,2H3;2*4H,1-2H2;/q;;2*-1;+2. The molecule has 104 valence electrons. The minimum atomic E-state index is -2.79. The molecule has 0 aliphatic heterocycles. The van der Waals surface area contributed by atoms with Gasteiger partial charge in [-0.2, -0.15) is 0 Å². The molecule has 0 saturated heterocycles. The van der Waals surface area contributed by atoms with E-state index in [0.717, 1.165) is 24.7 Å². The third-order valence-corrected chi connectivity index (χ3v) is 13.6. The van der Waals surface area contributed by atoms with Gasteiger partial charge in [0.05, 0.1) is 0 Å². The van der Waals surface area contributed by atoms with Crippen LogP contribution in [-0.2, 0) is 6.15 Å². The first-order chi connectivity index (χ1) is 8.24. The third kappa shape index (κ3) is 9.03. The number of unbranched alkanes of at least 4 members (excludes halogenated alkanes) is 2. The van der Waals surface area contributed by atoms with Crippen LogP contribution >= 0.6 is 25.3 Å². The van der Waals surface area contributed by atoms with Crippen LogP contribution < -0.4 is 0 Å². The van der Waals surface area contributed by atoms with E-state index in [2.05, 4.69) is 39.1 Å². The molecule has 0 unspecified atom stereocenters. The van der Waals surface area contributed by atoms with Crippen LogP contribution in [0.15, 0.2) is 0 Å². The summed E-state index contributed by atoms with van der Waals surface area (Å²) in [4.78, 5) is 0. The summed E-state index contributed by atoms with van der Waals surface area (Å²) >= 11 is 5.70. The summed E-state index contributed by atoms with van der Waals surface area (Å²) in [7, 11) is 0. The molecule has 0 spiro atoms. The fourth-order valence-electron chi connectivity index (χ4n) is 1.81. The average Bonchev–Trinajstić information content (AvgIpc) is 2.37. The molecule has 0 aromatic rings. The molecular weight excluding hydrogens is 359 g/mol. The summed E-state index contributed by atoms with van der Waals surface area (Å²) in [5.41, 5.74) is 0. The summed E-state index contributed by atoms with van der Waals surface area (Å²) in [5, 5.41) is 0. The zero-order valence-corrected chi connectivity index (χ0v) is 15.9. The first-order valence-electron chi connectivity index (χ1n) is 6.74. The molecule has 0 N–H and O–H groups in total. The molecule has 0 aromatic heterocycles. The van der Waals surface area contributed by atoms with Crippen molar-refractivity contribution in [2.24, 2.45) is 0 Å². The molecule has 2 nitrogen and oxygen atoms in total. The van der Waals surface area contributed by atoms with Crippen LogP contribution in [0.5, 0.6) is 0 Å². The van der Waals surface area contributed by atoms with Gasteiger partial charge in [0.15, 0.2) is 0 Å². The van der Waals surface area contributed by atoms with Gasteiger partial charge in [-0.1, -0.05) is 0 Å². The first kappa shape index (κ1) is 18.4. The van der Waals surface area contributed by atoms with Crippen molar-refractivity contribution in [1.82, 2.24) is 0 Å². The third-order valence-electron chi connectivity index (χ3n) is 2.74. The topological polar surface area (TPSA) is 18.5 Å². The van der Waals surface area contributed by atoms with E-state index >= 15 is 0 Å². The van der Waals surface area contributed by atoms with E-state index in [0.29, 0.717) is 0 Å². The van der Waals surface area contributed by atoms with Crippen LogP contribution in [0.25, 0.3) is 0 Å². The number of hydrogen-bond donors (Lipinski definition) is 2. The van der Waals surface area contributed by atoms with Crippen molar-refractivity contribution >= 4 is 44.5 Å². The van der Waals surface area contributed by atoms with Crippen LogP contribution in [-0.4, -0.2) is 43.9 Å². The van der Waals surface area contributed by atoms with Crippen molar-refractivity contribution in [2.75, 3.05) is 24.7 Å². The molecule has 0 bridgehead atoms. The molecule has 5 heteroatoms. The van der Waals surface area contributed by atoms with Crippen molar-refractivity contribution in [1.29, 1.82) is 0 Å². The van der Waals surface area contributed by atoms with Gasteiger partial charge in [0.2, 0.25) is 0 Å². The maximum absolute atomic E-state index is 6.16. The fraction of sp³-hybridized carbons (Fsp3) is 1.00. The number of rotatable bonds is 12. The van der Waals surface area contributed by atoms with Crippen molar-refractivity contribution < 1.29 is 6.15 Å². The molecule has 0 saturated carbocycles. The average molecular weight is 387 g/mol. The Bertz CT molecular complexity index is 133. The minimum absolute atomic E-state index is 0.749. The Kier molecular flexibility index (Phi) is 13.5. The quantitative estimate of drug-likeness (QED) is 0.391. The van der Waals surface area contributed by atoms with Crippen LogP contribution in [0.1, 0.15) is 39.5 Å². The summed E-state index contributed by atoms with van der Waals surface area (Å²) in [6, 6.07) is 0.